The van der Waals surface area contributed by atoms with Crippen molar-refractivity contribution in [3.63, 3.8) is 0 Å². The van der Waals surface area contributed by atoms with Crippen LogP contribution in [0.25, 0.3) is 69.6 Å². The van der Waals surface area contributed by atoms with Crippen LogP contribution < -0.4 is 4.90 Å². The summed E-state index contributed by atoms with van der Waals surface area (Å²) in [6, 6.07) is 66.2. The molecule has 3 heteroatoms. The molecule has 0 saturated heterocycles. The SMILES string of the molecule is c1ccc(-c2ccc(N(c3ccc4cc5sc6ccccc6c5cc4c3)c3cccc4c3c3ccccc3n4-c3ccccc3)cc2)cc1. The monoisotopic (exact) mass is 642 g/mol. The second-order valence-electron chi connectivity index (χ2n) is 12.6. The third kappa shape index (κ3) is 4.55. The van der Waals surface area contributed by atoms with Crippen molar-refractivity contribution < 1.29 is 0 Å². The van der Waals surface area contributed by atoms with E-state index in [1.807, 2.05) is 11.3 Å². The van der Waals surface area contributed by atoms with E-state index in [1.54, 1.807) is 0 Å². The molecular formula is C46H30N2S. The molecule has 0 fully saturated rings. The molecule has 2 nitrogen and oxygen atoms in total. The van der Waals surface area contributed by atoms with Crippen molar-refractivity contribution in [1.29, 1.82) is 0 Å². The molecule has 0 bridgehead atoms. The minimum atomic E-state index is 1.12. The van der Waals surface area contributed by atoms with Crippen LogP contribution in [0.3, 0.4) is 0 Å². The van der Waals surface area contributed by atoms with Gasteiger partial charge >= 0.3 is 0 Å². The molecule has 10 aromatic rings. The summed E-state index contributed by atoms with van der Waals surface area (Å²) in [4.78, 5) is 2.44. The fraction of sp³-hybridized carbons (Fsp3) is 0. The van der Waals surface area contributed by atoms with Crippen LogP contribution in [-0.4, -0.2) is 4.57 Å². The molecule has 49 heavy (non-hydrogen) atoms. The first kappa shape index (κ1) is 27.9. The van der Waals surface area contributed by atoms with Gasteiger partial charge in [0.25, 0.3) is 0 Å². The second-order valence-corrected chi connectivity index (χ2v) is 13.7. The molecule has 0 N–H and O–H groups in total. The zero-order valence-corrected chi connectivity index (χ0v) is 27.4. The van der Waals surface area contributed by atoms with E-state index in [0.717, 1.165) is 22.7 Å². The largest absolute Gasteiger partial charge is 0.310 e. The van der Waals surface area contributed by atoms with E-state index < -0.39 is 0 Å². The number of rotatable bonds is 5. The molecule has 0 saturated carbocycles. The Morgan fingerprint density at radius 1 is 0.408 bits per heavy atom. The van der Waals surface area contributed by atoms with Gasteiger partial charge in [0.05, 0.1) is 16.7 Å². The van der Waals surface area contributed by atoms with E-state index in [9.17, 15) is 0 Å². The molecule has 0 amide bonds. The molecule has 0 unspecified atom stereocenters. The van der Waals surface area contributed by atoms with E-state index in [4.69, 9.17) is 0 Å². The summed E-state index contributed by atoms with van der Waals surface area (Å²) in [5.74, 6) is 0. The summed E-state index contributed by atoms with van der Waals surface area (Å²) in [6.07, 6.45) is 0. The maximum Gasteiger partial charge on any atom is 0.0562 e. The van der Waals surface area contributed by atoms with Crippen molar-refractivity contribution in [3.05, 3.63) is 182 Å². The summed E-state index contributed by atoms with van der Waals surface area (Å²) in [6.45, 7) is 0. The van der Waals surface area contributed by atoms with Gasteiger partial charge in [-0.25, -0.2) is 0 Å². The average molecular weight is 643 g/mol. The molecule has 0 aliphatic heterocycles. The van der Waals surface area contributed by atoms with E-state index in [2.05, 4.69) is 191 Å². The molecule has 0 aliphatic carbocycles. The van der Waals surface area contributed by atoms with E-state index in [1.165, 1.54) is 63.9 Å². The molecule has 2 aromatic heterocycles. The Kier molecular flexibility index (Phi) is 6.39. The van der Waals surface area contributed by atoms with Crippen LogP contribution in [0, 0.1) is 0 Å². The zero-order valence-electron chi connectivity index (χ0n) is 26.6. The Morgan fingerprint density at radius 3 is 1.92 bits per heavy atom. The minimum absolute atomic E-state index is 1.12. The smallest absolute Gasteiger partial charge is 0.0562 e. The number of fused-ring (bicyclic) bond motifs is 7. The normalized spacial score (nSPS) is 11.7. The van der Waals surface area contributed by atoms with Crippen LogP contribution in [0.4, 0.5) is 17.1 Å². The third-order valence-electron chi connectivity index (χ3n) is 9.74. The van der Waals surface area contributed by atoms with Crippen molar-refractivity contribution in [2.75, 3.05) is 4.90 Å². The molecular weight excluding hydrogens is 613 g/mol. The lowest BCUT2D eigenvalue weighted by molar-refractivity contribution is 1.18. The summed E-state index contributed by atoms with van der Waals surface area (Å²) in [7, 11) is 0. The van der Waals surface area contributed by atoms with Gasteiger partial charge in [0.15, 0.2) is 0 Å². The van der Waals surface area contributed by atoms with Gasteiger partial charge < -0.3 is 9.47 Å². The Bertz CT molecular complexity index is 2810. The van der Waals surface area contributed by atoms with Gasteiger partial charge in [0, 0.05) is 48.0 Å². The molecule has 230 valence electrons. The minimum Gasteiger partial charge on any atom is -0.310 e. The van der Waals surface area contributed by atoms with Gasteiger partial charge in [-0.3, -0.25) is 0 Å². The summed E-state index contributed by atoms with van der Waals surface area (Å²) in [5, 5.41) is 7.58. The number of thiophene rings is 1. The van der Waals surface area contributed by atoms with Crippen LogP contribution in [-0.2, 0) is 0 Å². The molecule has 0 aliphatic rings. The van der Waals surface area contributed by atoms with Gasteiger partial charge in [0.2, 0.25) is 0 Å². The maximum absolute atomic E-state index is 2.44. The molecule has 0 atom stereocenters. The highest BCUT2D eigenvalue weighted by atomic mass is 32.1. The highest BCUT2D eigenvalue weighted by Gasteiger charge is 2.21. The topological polar surface area (TPSA) is 8.17 Å². The van der Waals surface area contributed by atoms with Crippen LogP contribution >= 0.6 is 11.3 Å². The first-order chi connectivity index (χ1) is 24.3. The highest BCUT2D eigenvalue weighted by molar-refractivity contribution is 7.25. The molecule has 0 spiro atoms. The highest BCUT2D eigenvalue weighted by Crippen LogP contribution is 2.45. The number of benzene rings is 8. The Balaban J connectivity index is 1.23. The maximum atomic E-state index is 2.44. The fourth-order valence-electron chi connectivity index (χ4n) is 7.50. The van der Waals surface area contributed by atoms with Crippen LogP contribution in [0.5, 0.6) is 0 Å². The van der Waals surface area contributed by atoms with Crippen molar-refractivity contribution in [1.82, 2.24) is 4.57 Å². The number of anilines is 3. The summed E-state index contributed by atoms with van der Waals surface area (Å²) >= 11 is 1.87. The standard InChI is InChI=1S/C46H30N2S/c1-3-12-31(13-4-1)32-22-25-36(26-23-32)47(37-27-24-33-30-45-40(29-34(33)28-37)38-16-8-10-21-44(38)49-45)42-19-11-20-43-46(42)39-17-7-9-18-41(39)48(43)35-14-5-2-6-15-35/h1-30H. The van der Waals surface area contributed by atoms with Gasteiger partial charge in [-0.15, -0.1) is 11.3 Å². The van der Waals surface area contributed by atoms with Gasteiger partial charge in [-0.2, -0.15) is 0 Å². The van der Waals surface area contributed by atoms with E-state index >= 15 is 0 Å². The molecule has 10 rings (SSSR count). The lowest BCUT2D eigenvalue weighted by Gasteiger charge is -2.27. The number of aromatic nitrogens is 1. The molecule has 8 aromatic carbocycles. The average Bonchev–Trinajstić information content (AvgIpc) is 3.70. The Morgan fingerprint density at radius 2 is 1.08 bits per heavy atom. The van der Waals surface area contributed by atoms with Gasteiger partial charge in [-0.1, -0.05) is 109 Å². The zero-order chi connectivity index (χ0) is 32.3. The number of nitrogens with zero attached hydrogens (tertiary/aromatic N) is 2. The van der Waals surface area contributed by atoms with Crippen molar-refractivity contribution in [2.24, 2.45) is 0 Å². The van der Waals surface area contributed by atoms with E-state index in [-0.39, 0.29) is 0 Å². The van der Waals surface area contributed by atoms with Gasteiger partial charge in [0.1, 0.15) is 0 Å². The molecule has 0 radical (unpaired) electrons. The predicted molar refractivity (Wildman–Crippen MR) is 211 cm³/mol. The quantitative estimate of drug-likeness (QED) is 0.181. The van der Waals surface area contributed by atoms with Crippen LogP contribution in [0.1, 0.15) is 0 Å². The number of hydrogen-bond acceptors (Lipinski definition) is 2. The lowest BCUT2D eigenvalue weighted by atomic mass is 10.0. The fourth-order valence-corrected chi connectivity index (χ4v) is 8.63. The lowest BCUT2D eigenvalue weighted by Crippen LogP contribution is -2.10. The number of para-hydroxylation sites is 2. The molecule has 2 heterocycles. The van der Waals surface area contributed by atoms with Gasteiger partial charge in [-0.05, 0) is 94.7 Å². The van der Waals surface area contributed by atoms with Crippen LogP contribution in [0.2, 0.25) is 0 Å². The summed E-state index contributed by atoms with van der Waals surface area (Å²) in [5.41, 5.74) is 9.34. The first-order valence-electron chi connectivity index (χ1n) is 16.7. The van der Waals surface area contributed by atoms with E-state index in [0.29, 0.717) is 0 Å². The third-order valence-corrected chi connectivity index (χ3v) is 10.9. The van der Waals surface area contributed by atoms with Crippen LogP contribution in [0.15, 0.2) is 182 Å². The van der Waals surface area contributed by atoms with Crippen molar-refractivity contribution in [2.45, 2.75) is 0 Å². The van der Waals surface area contributed by atoms with Crippen molar-refractivity contribution in [3.8, 4) is 16.8 Å². The summed E-state index contributed by atoms with van der Waals surface area (Å²) < 4.78 is 5.05. The number of hydrogen-bond donors (Lipinski definition) is 0. The Hall–Kier alpha value is -6.16. The van der Waals surface area contributed by atoms with Crippen molar-refractivity contribution >= 4 is 81.1 Å². The Labute approximate surface area is 288 Å². The second kappa shape index (κ2) is 11.2. The first-order valence-corrected chi connectivity index (χ1v) is 17.5. The predicted octanol–water partition coefficient (Wildman–Crippen LogP) is 13.4.